The average Bonchev–Trinajstić information content (AvgIpc) is 2.94. The fourth-order valence-electron chi connectivity index (χ4n) is 3.44. The van der Waals surface area contributed by atoms with E-state index < -0.39 is 0 Å². The third-order valence-electron chi connectivity index (χ3n) is 4.60. The molecule has 2 nitrogen and oxygen atoms in total. The summed E-state index contributed by atoms with van der Waals surface area (Å²) < 4.78 is 6.46. The van der Waals surface area contributed by atoms with Crippen LogP contribution in [0.4, 0.5) is 0 Å². The highest BCUT2D eigenvalue weighted by Gasteiger charge is 2.71. The molecule has 2 aliphatic heterocycles. The lowest BCUT2D eigenvalue weighted by atomic mass is 9.78. The third kappa shape index (κ3) is 1.61. The van der Waals surface area contributed by atoms with Crippen LogP contribution in [-0.4, -0.2) is 30.6 Å². The molecule has 4 rings (SSSR count). The molecule has 0 N–H and O–H groups in total. The Bertz CT molecular complexity index is 519. The molecule has 0 atom stereocenters. The first-order chi connectivity index (χ1) is 9.27. The second kappa shape index (κ2) is 4.16. The van der Waals surface area contributed by atoms with Crippen molar-refractivity contribution in [2.24, 2.45) is 0 Å². The Labute approximate surface area is 121 Å². The summed E-state index contributed by atoms with van der Waals surface area (Å²) in [6.07, 6.45) is 2.27. The molecular weight excluding hydrogens is 274 g/mol. The van der Waals surface area contributed by atoms with E-state index in [0.29, 0.717) is 0 Å². The number of ether oxygens (including phenoxy) is 1. The van der Waals surface area contributed by atoms with Crippen LogP contribution < -0.4 is 0 Å². The summed E-state index contributed by atoms with van der Waals surface area (Å²) in [6, 6.07) is 4.46. The van der Waals surface area contributed by atoms with E-state index in [9.17, 15) is 0 Å². The van der Waals surface area contributed by atoms with Gasteiger partial charge < -0.3 is 9.64 Å². The standard InChI is InChI=1S/C15H17NOS2/c1-16-6-4-14(5-7-16)15(17-14,12-2-8-18-10-12)13-3-9-19-11-13/h2-3,8-11H,4-7H2,1H3. The maximum atomic E-state index is 6.46. The van der Waals surface area contributed by atoms with Gasteiger partial charge in [-0.25, -0.2) is 0 Å². The maximum Gasteiger partial charge on any atom is 0.150 e. The molecule has 100 valence electrons. The van der Waals surface area contributed by atoms with Crippen molar-refractivity contribution >= 4 is 22.7 Å². The van der Waals surface area contributed by atoms with Crippen LogP contribution in [0.2, 0.25) is 0 Å². The Balaban J connectivity index is 1.77. The maximum absolute atomic E-state index is 6.46. The van der Waals surface area contributed by atoms with Crippen molar-refractivity contribution in [2.45, 2.75) is 24.0 Å². The van der Waals surface area contributed by atoms with Gasteiger partial charge in [0.1, 0.15) is 11.2 Å². The van der Waals surface area contributed by atoms with E-state index in [1.165, 1.54) is 11.1 Å². The van der Waals surface area contributed by atoms with Gasteiger partial charge in [-0.3, -0.25) is 0 Å². The molecule has 0 radical (unpaired) electrons. The van der Waals surface area contributed by atoms with E-state index in [1.54, 1.807) is 22.7 Å². The van der Waals surface area contributed by atoms with E-state index in [0.717, 1.165) is 25.9 Å². The van der Waals surface area contributed by atoms with Crippen molar-refractivity contribution in [2.75, 3.05) is 20.1 Å². The second-order valence-electron chi connectivity index (χ2n) is 5.60. The Morgan fingerprint density at radius 2 is 1.63 bits per heavy atom. The minimum atomic E-state index is -0.158. The highest BCUT2D eigenvalue weighted by molar-refractivity contribution is 7.08. The molecule has 2 saturated heterocycles. The van der Waals surface area contributed by atoms with Crippen molar-refractivity contribution in [3.05, 3.63) is 44.8 Å². The van der Waals surface area contributed by atoms with E-state index in [2.05, 4.69) is 45.6 Å². The largest absolute Gasteiger partial charge is 0.352 e. The lowest BCUT2D eigenvalue weighted by Crippen LogP contribution is -2.39. The molecule has 0 unspecified atom stereocenters. The van der Waals surface area contributed by atoms with Crippen LogP contribution in [0.3, 0.4) is 0 Å². The Morgan fingerprint density at radius 1 is 1.05 bits per heavy atom. The Hall–Kier alpha value is -0.680. The quantitative estimate of drug-likeness (QED) is 0.787. The number of hydrogen-bond donors (Lipinski definition) is 0. The molecule has 4 heteroatoms. The average molecular weight is 291 g/mol. The van der Waals surface area contributed by atoms with Gasteiger partial charge in [0.05, 0.1) is 0 Å². The van der Waals surface area contributed by atoms with Crippen molar-refractivity contribution in [3.63, 3.8) is 0 Å². The third-order valence-corrected chi connectivity index (χ3v) is 5.97. The lowest BCUT2D eigenvalue weighted by molar-refractivity contribution is 0.168. The molecule has 0 saturated carbocycles. The van der Waals surface area contributed by atoms with Crippen molar-refractivity contribution in [1.29, 1.82) is 0 Å². The van der Waals surface area contributed by atoms with E-state index in [4.69, 9.17) is 4.74 Å². The fourth-order valence-corrected chi connectivity index (χ4v) is 4.83. The molecule has 2 aliphatic rings. The van der Waals surface area contributed by atoms with E-state index >= 15 is 0 Å². The predicted octanol–water partition coefficient (Wildman–Crippen LogP) is 3.55. The smallest absolute Gasteiger partial charge is 0.150 e. The normalized spacial score (nSPS) is 24.7. The van der Waals surface area contributed by atoms with Gasteiger partial charge >= 0.3 is 0 Å². The first kappa shape index (κ1) is 12.1. The summed E-state index contributed by atoms with van der Waals surface area (Å²) in [5.74, 6) is 0. The summed E-state index contributed by atoms with van der Waals surface area (Å²) >= 11 is 3.53. The molecule has 0 bridgehead atoms. The van der Waals surface area contributed by atoms with Crippen LogP contribution in [0.25, 0.3) is 0 Å². The van der Waals surface area contributed by atoms with Crippen LogP contribution in [0.1, 0.15) is 24.0 Å². The van der Waals surface area contributed by atoms with Gasteiger partial charge in [-0.15, -0.1) is 0 Å². The zero-order valence-corrected chi connectivity index (χ0v) is 12.6. The number of likely N-dealkylation sites (tertiary alicyclic amines) is 1. The SMILES string of the molecule is CN1CCC2(CC1)OC2(c1ccsc1)c1ccsc1. The van der Waals surface area contributed by atoms with Crippen LogP contribution in [0.15, 0.2) is 33.7 Å². The zero-order chi connectivity index (χ0) is 12.9. The lowest BCUT2D eigenvalue weighted by Gasteiger charge is -2.29. The number of thiophene rings is 2. The van der Waals surface area contributed by atoms with Gasteiger partial charge in [-0.1, -0.05) is 0 Å². The first-order valence-corrected chi connectivity index (χ1v) is 8.59. The summed E-state index contributed by atoms with van der Waals surface area (Å²) in [6.45, 7) is 2.27. The number of hydrogen-bond acceptors (Lipinski definition) is 4. The Kier molecular flexibility index (Phi) is 2.64. The highest BCUT2D eigenvalue weighted by Crippen LogP contribution is 2.64. The molecule has 0 aliphatic carbocycles. The topological polar surface area (TPSA) is 15.8 Å². The second-order valence-corrected chi connectivity index (χ2v) is 7.16. The van der Waals surface area contributed by atoms with E-state index in [1.807, 2.05) is 0 Å². The van der Waals surface area contributed by atoms with Gasteiger partial charge in [0.25, 0.3) is 0 Å². The summed E-state index contributed by atoms with van der Waals surface area (Å²) in [5.41, 5.74) is 2.58. The summed E-state index contributed by atoms with van der Waals surface area (Å²) in [4.78, 5) is 2.40. The molecule has 1 spiro atoms. The van der Waals surface area contributed by atoms with Gasteiger partial charge in [-0.2, -0.15) is 22.7 Å². The van der Waals surface area contributed by atoms with Crippen LogP contribution in [0.5, 0.6) is 0 Å². The van der Waals surface area contributed by atoms with Crippen LogP contribution in [-0.2, 0) is 10.3 Å². The summed E-state index contributed by atoms with van der Waals surface area (Å²) in [5, 5.41) is 8.83. The molecule has 2 fully saturated rings. The molecule has 4 heterocycles. The molecule has 0 aromatic carbocycles. The summed E-state index contributed by atoms with van der Waals surface area (Å²) in [7, 11) is 2.20. The molecule has 0 amide bonds. The van der Waals surface area contributed by atoms with E-state index in [-0.39, 0.29) is 11.2 Å². The molecular formula is C15H17NOS2. The minimum Gasteiger partial charge on any atom is -0.352 e. The molecule has 2 aromatic rings. The Morgan fingerprint density at radius 3 is 2.11 bits per heavy atom. The van der Waals surface area contributed by atoms with Crippen LogP contribution >= 0.6 is 22.7 Å². The number of rotatable bonds is 2. The predicted molar refractivity (Wildman–Crippen MR) is 80.0 cm³/mol. The van der Waals surface area contributed by atoms with Gasteiger partial charge in [0.15, 0.2) is 0 Å². The van der Waals surface area contributed by atoms with Gasteiger partial charge in [0.2, 0.25) is 0 Å². The van der Waals surface area contributed by atoms with Crippen molar-refractivity contribution in [3.8, 4) is 0 Å². The number of nitrogens with zero attached hydrogens (tertiary/aromatic N) is 1. The highest BCUT2D eigenvalue weighted by atomic mass is 32.1. The fraction of sp³-hybridized carbons (Fsp3) is 0.467. The first-order valence-electron chi connectivity index (χ1n) is 6.71. The van der Waals surface area contributed by atoms with Gasteiger partial charge in [0, 0.05) is 24.2 Å². The monoisotopic (exact) mass is 291 g/mol. The number of piperidine rings is 1. The molecule has 19 heavy (non-hydrogen) atoms. The van der Waals surface area contributed by atoms with Crippen molar-refractivity contribution < 1.29 is 4.74 Å². The molecule has 2 aromatic heterocycles. The van der Waals surface area contributed by atoms with Crippen molar-refractivity contribution in [1.82, 2.24) is 4.90 Å². The minimum absolute atomic E-state index is 0.0433. The van der Waals surface area contributed by atoms with Crippen LogP contribution in [0, 0.1) is 0 Å². The zero-order valence-electron chi connectivity index (χ0n) is 11.0. The van der Waals surface area contributed by atoms with Gasteiger partial charge in [-0.05, 0) is 53.5 Å². The number of epoxide rings is 1.